The van der Waals surface area contributed by atoms with Gasteiger partial charge in [-0.2, -0.15) is 0 Å². The summed E-state index contributed by atoms with van der Waals surface area (Å²) < 4.78 is 7.74. The number of thiazole rings is 1. The number of anilines is 1. The minimum absolute atomic E-state index is 0.0566. The van der Waals surface area contributed by atoms with Gasteiger partial charge in [0.1, 0.15) is 12.1 Å². The first-order valence-corrected chi connectivity index (χ1v) is 11.9. The first kappa shape index (κ1) is 21.2. The van der Waals surface area contributed by atoms with Gasteiger partial charge in [-0.05, 0) is 43.3 Å². The Morgan fingerprint density at radius 3 is 2.54 bits per heavy atom. The van der Waals surface area contributed by atoms with E-state index in [0.717, 1.165) is 32.2 Å². The zero-order chi connectivity index (χ0) is 23.9. The Kier molecular flexibility index (Phi) is 5.11. The molecule has 9 heteroatoms. The second-order valence-electron chi connectivity index (χ2n) is 7.96. The van der Waals surface area contributed by atoms with Crippen molar-refractivity contribution >= 4 is 71.7 Å². The van der Waals surface area contributed by atoms with Crippen LogP contribution in [0.4, 0.5) is 5.13 Å². The van der Waals surface area contributed by atoms with Crippen LogP contribution < -0.4 is 5.32 Å². The van der Waals surface area contributed by atoms with Crippen LogP contribution >= 0.6 is 11.3 Å². The lowest BCUT2D eigenvalue weighted by atomic mass is 10.2. The number of esters is 1. The third-order valence-corrected chi connectivity index (χ3v) is 6.64. The minimum Gasteiger partial charge on any atom is -0.462 e. The fourth-order valence-electron chi connectivity index (χ4n) is 4.16. The van der Waals surface area contributed by atoms with Crippen LogP contribution in [0.1, 0.15) is 17.3 Å². The van der Waals surface area contributed by atoms with Crippen molar-refractivity contribution in [1.29, 1.82) is 0 Å². The minimum atomic E-state index is -0.381. The summed E-state index contributed by atoms with van der Waals surface area (Å²) in [5.41, 5.74) is 5.04. The molecular weight excluding hydrogens is 462 g/mol. The second kappa shape index (κ2) is 8.44. The summed E-state index contributed by atoms with van der Waals surface area (Å²) in [4.78, 5) is 39.2. The molecule has 1 amide bonds. The van der Waals surface area contributed by atoms with Crippen LogP contribution in [0.15, 0.2) is 66.7 Å². The van der Waals surface area contributed by atoms with E-state index in [4.69, 9.17) is 14.7 Å². The van der Waals surface area contributed by atoms with Gasteiger partial charge in [-0.15, -0.1) is 0 Å². The summed E-state index contributed by atoms with van der Waals surface area (Å²) >= 11 is 1.31. The smallest absolute Gasteiger partial charge is 0.338 e. The van der Waals surface area contributed by atoms with Crippen LogP contribution in [0.25, 0.3) is 43.3 Å². The molecule has 6 rings (SSSR count). The fraction of sp³-hybridized carbons (Fsp3) is 0.115. The number of benzene rings is 3. The number of aromatic nitrogens is 4. The number of fused-ring (bicyclic) bond motifs is 5. The van der Waals surface area contributed by atoms with Crippen LogP contribution in [0, 0.1) is 0 Å². The Bertz CT molecular complexity index is 1770. The summed E-state index contributed by atoms with van der Waals surface area (Å²) in [7, 11) is 0. The third-order valence-electron chi connectivity index (χ3n) is 5.71. The molecule has 3 heterocycles. The number of ether oxygens (including phenoxy) is 1. The van der Waals surface area contributed by atoms with Gasteiger partial charge in [0.2, 0.25) is 5.91 Å². The summed E-state index contributed by atoms with van der Waals surface area (Å²) in [6.45, 7) is 2.13. The van der Waals surface area contributed by atoms with Gasteiger partial charge in [0.25, 0.3) is 0 Å². The largest absolute Gasteiger partial charge is 0.462 e. The number of rotatable bonds is 5. The van der Waals surface area contributed by atoms with Crippen LogP contribution in [0.2, 0.25) is 0 Å². The maximum Gasteiger partial charge on any atom is 0.338 e. The Labute approximate surface area is 203 Å². The Morgan fingerprint density at radius 2 is 1.71 bits per heavy atom. The topological polar surface area (TPSA) is 99.0 Å². The van der Waals surface area contributed by atoms with Gasteiger partial charge >= 0.3 is 5.97 Å². The lowest BCUT2D eigenvalue weighted by Crippen LogP contribution is -2.18. The van der Waals surface area contributed by atoms with Gasteiger partial charge in [-0.3, -0.25) is 4.79 Å². The van der Waals surface area contributed by atoms with E-state index in [-0.39, 0.29) is 18.4 Å². The van der Waals surface area contributed by atoms with E-state index in [0.29, 0.717) is 28.5 Å². The molecule has 0 bridgehead atoms. The van der Waals surface area contributed by atoms with E-state index in [1.165, 1.54) is 11.3 Å². The van der Waals surface area contributed by atoms with Crippen molar-refractivity contribution in [3.63, 3.8) is 0 Å². The van der Waals surface area contributed by atoms with Crippen molar-refractivity contribution in [2.75, 3.05) is 11.9 Å². The number of nitrogens with zero attached hydrogens (tertiary/aromatic N) is 4. The molecule has 1 N–H and O–H groups in total. The van der Waals surface area contributed by atoms with Gasteiger partial charge in [0.05, 0.1) is 38.9 Å². The van der Waals surface area contributed by atoms with Crippen molar-refractivity contribution in [2.45, 2.75) is 13.5 Å². The molecule has 172 valence electrons. The van der Waals surface area contributed by atoms with Crippen LogP contribution in [0.5, 0.6) is 0 Å². The van der Waals surface area contributed by atoms with Gasteiger partial charge < -0.3 is 14.6 Å². The maximum atomic E-state index is 13.1. The monoisotopic (exact) mass is 481 g/mol. The average Bonchev–Trinajstić information content (AvgIpc) is 3.40. The normalized spacial score (nSPS) is 11.5. The molecule has 3 aromatic carbocycles. The molecule has 0 atom stereocenters. The van der Waals surface area contributed by atoms with Crippen molar-refractivity contribution in [3.8, 4) is 0 Å². The molecule has 0 fully saturated rings. The molecule has 0 saturated carbocycles. The molecule has 0 radical (unpaired) electrons. The van der Waals surface area contributed by atoms with Gasteiger partial charge in [0.15, 0.2) is 10.8 Å². The highest BCUT2D eigenvalue weighted by Crippen LogP contribution is 2.29. The highest BCUT2D eigenvalue weighted by molar-refractivity contribution is 7.22. The van der Waals surface area contributed by atoms with Crippen LogP contribution in [-0.4, -0.2) is 38.0 Å². The van der Waals surface area contributed by atoms with Gasteiger partial charge in [-0.1, -0.05) is 41.7 Å². The van der Waals surface area contributed by atoms with Gasteiger partial charge in [-0.25, -0.2) is 19.7 Å². The number of nitrogens with one attached hydrogen (secondary N) is 1. The van der Waals surface area contributed by atoms with E-state index in [9.17, 15) is 9.59 Å². The zero-order valence-electron chi connectivity index (χ0n) is 18.7. The standard InChI is InChI=1S/C26H19N5O3S/c1-2-34-25(33)15-11-12-19-21(13-15)35-26(29-19)30-22(32)14-31-20-10-6-3-7-16(20)23-24(31)28-18-9-5-4-8-17(18)27-23/h3-13H,2,14H2,1H3,(H,29,30,32). The molecule has 0 unspecified atom stereocenters. The molecular formula is C26H19N5O3S. The maximum absolute atomic E-state index is 13.1. The lowest BCUT2D eigenvalue weighted by molar-refractivity contribution is -0.116. The summed E-state index contributed by atoms with van der Waals surface area (Å²) in [5.74, 6) is -0.610. The van der Waals surface area contributed by atoms with E-state index >= 15 is 0 Å². The number of carbonyl (C=O) groups is 2. The Hall–Kier alpha value is -4.37. The molecule has 35 heavy (non-hydrogen) atoms. The van der Waals surface area contributed by atoms with Crippen LogP contribution in [0.3, 0.4) is 0 Å². The summed E-state index contributed by atoms with van der Waals surface area (Å²) in [6.07, 6.45) is 0. The third kappa shape index (κ3) is 3.75. The summed E-state index contributed by atoms with van der Waals surface area (Å²) in [5, 5.41) is 4.30. The predicted molar refractivity (Wildman–Crippen MR) is 137 cm³/mol. The predicted octanol–water partition coefficient (Wildman–Crippen LogP) is 5.16. The molecule has 0 aliphatic carbocycles. The SMILES string of the molecule is CCOC(=O)c1ccc2nc(NC(=O)Cn3c4ccccc4c4nc5ccccc5nc43)sc2c1. The van der Waals surface area contributed by atoms with Gasteiger partial charge in [0, 0.05) is 5.39 Å². The van der Waals surface area contributed by atoms with E-state index < -0.39 is 0 Å². The van der Waals surface area contributed by atoms with Crippen molar-refractivity contribution in [1.82, 2.24) is 19.5 Å². The van der Waals surface area contributed by atoms with E-state index in [1.807, 2.05) is 53.1 Å². The number of para-hydroxylation sites is 3. The first-order valence-electron chi connectivity index (χ1n) is 11.1. The van der Waals surface area contributed by atoms with E-state index in [1.54, 1.807) is 25.1 Å². The lowest BCUT2D eigenvalue weighted by Gasteiger charge is -2.06. The highest BCUT2D eigenvalue weighted by Gasteiger charge is 2.17. The summed E-state index contributed by atoms with van der Waals surface area (Å²) in [6, 6.07) is 20.7. The Morgan fingerprint density at radius 1 is 0.943 bits per heavy atom. The molecule has 0 saturated heterocycles. The quantitative estimate of drug-likeness (QED) is 0.341. The van der Waals surface area contributed by atoms with Crippen molar-refractivity contribution < 1.29 is 14.3 Å². The zero-order valence-corrected chi connectivity index (χ0v) is 19.5. The first-order chi connectivity index (χ1) is 17.1. The molecule has 8 nitrogen and oxygen atoms in total. The van der Waals surface area contributed by atoms with Crippen molar-refractivity contribution in [2.24, 2.45) is 0 Å². The highest BCUT2D eigenvalue weighted by atomic mass is 32.1. The number of hydrogen-bond acceptors (Lipinski definition) is 7. The number of carbonyl (C=O) groups excluding carboxylic acids is 2. The average molecular weight is 482 g/mol. The number of hydrogen-bond donors (Lipinski definition) is 1. The molecule has 0 aliphatic heterocycles. The van der Waals surface area contributed by atoms with Crippen LogP contribution in [-0.2, 0) is 16.1 Å². The molecule has 3 aromatic heterocycles. The number of amides is 1. The molecule has 6 aromatic rings. The van der Waals surface area contributed by atoms with Crippen molar-refractivity contribution in [3.05, 3.63) is 72.3 Å². The molecule has 0 spiro atoms. The molecule has 0 aliphatic rings. The Balaban J connectivity index is 1.33. The van der Waals surface area contributed by atoms with E-state index in [2.05, 4.69) is 10.3 Å². The second-order valence-corrected chi connectivity index (χ2v) is 8.99. The fourth-order valence-corrected chi connectivity index (χ4v) is 5.09.